The molecule has 0 heterocycles. The summed E-state index contributed by atoms with van der Waals surface area (Å²) in [4.78, 5) is 12.4. The molecule has 2 aromatic carbocycles. The third-order valence-corrected chi connectivity index (χ3v) is 6.57. The van der Waals surface area contributed by atoms with Crippen LogP contribution in [0, 0.1) is 20.8 Å². The summed E-state index contributed by atoms with van der Waals surface area (Å²) in [7, 11) is -0.734. The average molecular weight is 451 g/mol. The van der Waals surface area contributed by atoms with Crippen LogP contribution in [0.1, 0.15) is 34.8 Å². The molecule has 0 fully saturated rings. The van der Waals surface area contributed by atoms with Gasteiger partial charge in [0.2, 0.25) is 15.9 Å². The Morgan fingerprint density at radius 3 is 2.29 bits per heavy atom. The number of hydrogen-bond acceptors (Lipinski definition) is 6. The van der Waals surface area contributed by atoms with Crippen LogP contribution in [0.2, 0.25) is 0 Å². The third-order valence-electron chi connectivity index (χ3n) is 4.81. The van der Waals surface area contributed by atoms with E-state index in [1.54, 1.807) is 32.0 Å². The lowest BCUT2D eigenvalue weighted by molar-refractivity contribution is -0.121. The molecule has 0 bridgehead atoms. The molecule has 170 valence electrons. The van der Waals surface area contributed by atoms with E-state index in [1.165, 1.54) is 14.2 Å². The minimum Gasteiger partial charge on any atom is -0.497 e. The Bertz CT molecular complexity index is 1010. The number of methoxy groups -OCH3 is 2. The third kappa shape index (κ3) is 6.43. The second kappa shape index (κ2) is 10.6. The van der Waals surface area contributed by atoms with Gasteiger partial charge in [-0.3, -0.25) is 4.79 Å². The van der Waals surface area contributed by atoms with Crippen molar-refractivity contribution < 1.29 is 27.8 Å². The van der Waals surface area contributed by atoms with Gasteiger partial charge < -0.3 is 19.9 Å². The lowest BCUT2D eigenvalue weighted by Gasteiger charge is -2.17. The number of aliphatic hydroxyl groups is 1. The fourth-order valence-corrected chi connectivity index (χ4v) is 4.95. The zero-order valence-corrected chi connectivity index (χ0v) is 19.3. The second-order valence-corrected chi connectivity index (χ2v) is 9.01. The Hall–Kier alpha value is -2.62. The molecule has 0 aliphatic rings. The van der Waals surface area contributed by atoms with E-state index in [0.29, 0.717) is 28.2 Å². The Labute approximate surface area is 183 Å². The van der Waals surface area contributed by atoms with Crippen LogP contribution in [-0.4, -0.2) is 46.7 Å². The van der Waals surface area contributed by atoms with Crippen molar-refractivity contribution in [2.75, 3.05) is 27.3 Å². The van der Waals surface area contributed by atoms with E-state index in [4.69, 9.17) is 9.47 Å². The van der Waals surface area contributed by atoms with Crippen molar-refractivity contribution in [3.63, 3.8) is 0 Å². The maximum atomic E-state index is 12.6. The number of sulfonamides is 1. The molecule has 2 aromatic rings. The van der Waals surface area contributed by atoms with Crippen LogP contribution in [0.25, 0.3) is 0 Å². The fourth-order valence-electron chi connectivity index (χ4n) is 3.47. The minimum absolute atomic E-state index is 0.0503. The van der Waals surface area contributed by atoms with Gasteiger partial charge >= 0.3 is 0 Å². The van der Waals surface area contributed by atoms with Gasteiger partial charge in [0.25, 0.3) is 0 Å². The number of carbonyl (C=O) groups is 1. The van der Waals surface area contributed by atoms with Crippen molar-refractivity contribution in [1.29, 1.82) is 0 Å². The SMILES string of the molecule is COc1ccc(OC)c(C(O)CNC(=O)CCNS(=O)(=O)c2c(C)cc(C)cc2C)c1. The maximum Gasteiger partial charge on any atom is 0.241 e. The standard InChI is InChI=1S/C22H30N2O6S/c1-14-10-15(2)22(16(3)11-14)31(27,28)24-9-8-21(26)23-13-19(25)18-12-17(29-4)6-7-20(18)30-5/h6-7,10-12,19,24-25H,8-9,13H2,1-5H3,(H,23,26). The zero-order valence-electron chi connectivity index (χ0n) is 18.5. The molecule has 0 aliphatic heterocycles. The van der Waals surface area contributed by atoms with Crippen LogP contribution in [-0.2, 0) is 14.8 Å². The van der Waals surface area contributed by atoms with Crippen molar-refractivity contribution in [3.8, 4) is 11.5 Å². The number of aliphatic hydroxyl groups excluding tert-OH is 1. The first-order chi connectivity index (χ1) is 14.6. The molecule has 0 saturated carbocycles. The van der Waals surface area contributed by atoms with E-state index >= 15 is 0 Å². The van der Waals surface area contributed by atoms with E-state index in [-0.39, 0.29) is 30.3 Å². The van der Waals surface area contributed by atoms with Crippen LogP contribution in [0.15, 0.2) is 35.2 Å². The fraction of sp³-hybridized carbons (Fsp3) is 0.409. The van der Waals surface area contributed by atoms with Crippen LogP contribution in [0.4, 0.5) is 0 Å². The summed E-state index contributed by atoms with van der Waals surface area (Å²) in [6.45, 7) is 5.29. The molecule has 0 saturated heterocycles. The van der Waals surface area contributed by atoms with Crippen molar-refractivity contribution in [2.24, 2.45) is 0 Å². The van der Waals surface area contributed by atoms with E-state index in [0.717, 1.165) is 5.56 Å². The molecule has 1 unspecified atom stereocenters. The number of benzene rings is 2. The number of carbonyl (C=O) groups excluding carboxylic acids is 1. The predicted molar refractivity (Wildman–Crippen MR) is 118 cm³/mol. The van der Waals surface area contributed by atoms with Gasteiger partial charge in [-0.2, -0.15) is 0 Å². The highest BCUT2D eigenvalue weighted by Gasteiger charge is 2.20. The Kier molecular flexibility index (Phi) is 8.43. The topological polar surface area (TPSA) is 114 Å². The highest BCUT2D eigenvalue weighted by atomic mass is 32.2. The number of aryl methyl sites for hydroxylation is 3. The first-order valence-corrected chi connectivity index (χ1v) is 11.3. The minimum atomic E-state index is -3.73. The van der Waals surface area contributed by atoms with Crippen molar-refractivity contribution >= 4 is 15.9 Å². The van der Waals surface area contributed by atoms with Gasteiger partial charge in [0.1, 0.15) is 11.5 Å². The lowest BCUT2D eigenvalue weighted by atomic mass is 10.1. The van der Waals surface area contributed by atoms with E-state index in [1.807, 2.05) is 19.1 Å². The van der Waals surface area contributed by atoms with Crippen molar-refractivity contribution in [1.82, 2.24) is 10.0 Å². The summed E-state index contributed by atoms with van der Waals surface area (Å²) in [6.07, 6.45) is -1.07. The summed E-state index contributed by atoms with van der Waals surface area (Å²) >= 11 is 0. The van der Waals surface area contributed by atoms with Gasteiger partial charge in [-0.25, -0.2) is 13.1 Å². The largest absolute Gasteiger partial charge is 0.497 e. The number of amides is 1. The summed E-state index contributed by atoms with van der Waals surface area (Å²) in [5, 5.41) is 13.0. The van der Waals surface area contributed by atoms with Gasteiger partial charge in [-0.1, -0.05) is 17.7 Å². The average Bonchev–Trinajstić information content (AvgIpc) is 2.70. The molecule has 3 N–H and O–H groups in total. The molecule has 0 aromatic heterocycles. The highest BCUT2D eigenvalue weighted by Crippen LogP contribution is 2.29. The Morgan fingerprint density at radius 2 is 1.71 bits per heavy atom. The van der Waals surface area contributed by atoms with Crippen molar-refractivity contribution in [3.05, 3.63) is 52.6 Å². The number of rotatable bonds is 10. The summed E-state index contributed by atoms with van der Waals surface area (Å²) in [6, 6.07) is 8.63. The van der Waals surface area contributed by atoms with Crippen LogP contribution in [0.3, 0.4) is 0 Å². The zero-order chi connectivity index (χ0) is 23.2. The van der Waals surface area contributed by atoms with E-state index < -0.39 is 16.1 Å². The monoisotopic (exact) mass is 450 g/mol. The summed E-state index contributed by atoms with van der Waals surface area (Å²) in [5.74, 6) is 0.636. The van der Waals surface area contributed by atoms with Crippen LogP contribution < -0.4 is 19.5 Å². The molecule has 8 nitrogen and oxygen atoms in total. The number of ether oxygens (including phenoxy) is 2. The molecule has 0 radical (unpaired) electrons. The second-order valence-electron chi connectivity index (χ2n) is 7.30. The smallest absolute Gasteiger partial charge is 0.241 e. The quantitative estimate of drug-likeness (QED) is 0.511. The number of hydrogen-bond donors (Lipinski definition) is 3. The molecule has 0 spiro atoms. The van der Waals surface area contributed by atoms with Gasteiger partial charge in [0.15, 0.2) is 0 Å². The molecule has 1 atom stereocenters. The Balaban J connectivity index is 1.92. The first kappa shape index (κ1) is 24.6. The number of nitrogens with one attached hydrogen (secondary N) is 2. The molecular weight excluding hydrogens is 420 g/mol. The van der Waals surface area contributed by atoms with Gasteiger partial charge in [-0.15, -0.1) is 0 Å². The summed E-state index contributed by atoms with van der Waals surface area (Å²) in [5.41, 5.74) is 2.78. The van der Waals surface area contributed by atoms with Gasteiger partial charge in [0, 0.05) is 25.1 Å². The highest BCUT2D eigenvalue weighted by molar-refractivity contribution is 7.89. The van der Waals surface area contributed by atoms with E-state index in [2.05, 4.69) is 10.0 Å². The van der Waals surface area contributed by atoms with Gasteiger partial charge in [-0.05, 0) is 50.1 Å². The molecule has 2 rings (SSSR count). The first-order valence-electron chi connectivity index (χ1n) is 9.83. The van der Waals surface area contributed by atoms with Crippen LogP contribution in [0.5, 0.6) is 11.5 Å². The van der Waals surface area contributed by atoms with E-state index in [9.17, 15) is 18.3 Å². The molecule has 1 amide bonds. The van der Waals surface area contributed by atoms with Crippen LogP contribution >= 0.6 is 0 Å². The maximum absolute atomic E-state index is 12.6. The molecular formula is C22H30N2O6S. The predicted octanol–water partition coefficient (Wildman–Crippen LogP) is 2.15. The van der Waals surface area contributed by atoms with Crippen molar-refractivity contribution in [2.45, 2.75) is 38.2 Å². The Morgan fingerprint density at radius 1 is 1.06 bits per heavy atom. The normalized spacial score (nSPS) is 12.3. The van der Waals surface area contributed by atoms with Gasteiger partial charge in [0.05, 0.1) is 25.2 Å². The molecule has 31 heavy (non-hydrogen) atoms. The molecule has 9 heteroatoms. The lowest BCUT2D eigenvalue weighted by Crippen LogP contribution is -2.33. The summed E-state index contributed by atoms with van der Waals surface area (Å²) < 4.78 is 38.1. The molecule has 0 aliphatic carbocycles.